The van der Waals surface area contributed by atoms with Gasteiger partial charge < -0.3 is 10.2 Å². The molecule has 3 heteroatoms. The van der Waals surface area contributed by atoms with Gasteiger partial charge in [0, 0.05) is 6.42 Å². The first-order chi connectivity index (χ1) is 6.66. The van der Waals surface area contributed by atoms with E-state index in [0.717, 1.165) is 18.4 Å². The first kappa shape index (κ1) is 9.62. The molecule has 0 atom stereocenters. The van der Waals surface area contributed by atoms with Gasteiger partial charge in [-0.05, 0) is 36.0 Å². The first-order valence-electron chi connectivity index (χ1n) is 4.81. The molecule has 0 aromatic heterocycles. The van der Waals surface area contributed by atoms with E-state index in [1.54, 1.807) is 6.07 Å². The van der Waals surface area contributed by atoms with Crippen LogP contribution in [0.2, 0.25) is 0 Å². The van der Waals surface area contributed by atoms with Gasteiger partial charge in [0.25, 0.3) is 0 Å². The van der Waals surface area contributed by atoms with Crippen LogP contribution in [0, 0.1) is 5.82 Å². The Bertz CT molecular complexity index is 332. The van der Waals surface area contributed by atoms with Gasteiger partial charge in [-0.1, -0.05) is 12.1 Å². The Hall–Kier alpha value is -0.930. The topological polar surface area (TPSA) is 40.5 Å². The van der Waals surface area contributed by atoms with Gasteiger partial charge in [0.15, 0.2) is 6.29 Å². The minimum atomic E-state index is -1.48. The molecule has 1 aliphatic rings. The van der Waals surface area contributed by atoms with E-state index in [0.29, 0.717) is 11.5 Å². The summed E-state index contributed by atoms with van der Waals surface area (Å²) >= 11 is 0. The quantitative estimate of drug-likeness (QED) is 0.720. The highest BCUT2D eigenvalue weighted by atomic mass is 19.1. The van der Waals surface area contributed by atoms with Crippen LogP contribution in [0.1, 0.15) is 29.9 Å². The van der Waals surface area contributed by atoms with E-state index in [4.69, 9.17) is 10.2 Å². The van der Waals surface area contributed by atoms with Crippen LogP contribution in [-0.2, 0) is 6.42 Å². The first-order valence-corrected chi connectivity index (χ1v) is 4.81. The second-order valence-electron chi connectivity index (χ2n) is 3.81. The van der Waals surface area contributed by atoms with Gasteiger partial charge in [0.05, 0.1) is 0 Å². The van der Waals surface area contributed by atoms with Gasteiger partial charge in [-0.2, -0.15) is 0 Å². The van der Waals surface area contributed by atoms with Crippen LogP contribution in [0.5, 0.6) is 0 Å². The highest BCUT2D eigenvalue weighted by Crippen LogP contribution is 2.40. The second kappa shape index (κ2) is 3.67. The maximum atomic E-state index is 13.4. The number of hydrogen-bond acceptors (Lipinski definition) is 2. The zero-order chi connectivity index (χ0) is 10.1. The minimum Gasteiger partial charge on any atom is -0.368 e. The molecule has 0 heterocycles. The van der Waals surface area contributed by atoms with Crippen molar-refractivity contribution in [1.82, 2.24) is 0 Å². The third kappa shape index (κ3) is 2.11. The van der Waals surface area contributed by atoms with Crippen molar-refractivity contribution in [2.75, 3.05) is 0 Å². The molecule has 0 unspecified atom stereocenters. The summed E-state index contributed by atoms with van der Waals surface area (Å²) < 4.78 is 13.4. The Morgan fingerprint density at radius 1 is 1.36 bits per heavy atom. The van der Waals surface area contributed by atoms with Crippen LogP contribution in [0.15, 0.2) is 18.2 Å². The van der Waals surface area contributed by atoms with Crippen molar-refractivity contribution in [3.8, 4) is 0 Å². The van der Waals surface area contributed by atoms with Crippen molar-refractivity contribution >= 4 is 0 Å². The van der Waals surface area contributed by atoms with E-state index < -0.39 is 6.29 Å². The molecule has 0 amide bonds. The number of rotatable bonds is 3. The van der Waals surface area contributed by atoms with Gasteiger partial charge >= 0.3 is 0 Å². The van der Waals surface area contributed by atoms with Crippen LogP contribution in [0.3, 0.4) is 0 Å². The van der Waals surface area contributed by atoms with Gasteiger partial charge in [-0.3, -0.25) is 0 Å². The minimum absolute atomic E-state index is 0.0449. The predicted molar refractivity (Wildman–Crippen MR) is 50.3 cm³/mol. The fraction of sp³-hybridized carbons (Fsp3) is 0.455. The van der Waals surface area contributed by atoms with Crippen molar-refractivity contribution in [3.05, 3.63) is 35.1 Å². The largest absolute Gasteiger partial charge is 0.368 e. The van der Waals surface area contributed by atoms with E-state index in [9.17, 15) is 4.39 Å². The number of benzene rings is 1. The molecule has 0 saturated heterocycles. The molecule has 14 heavy (non-hydrogen) atoms. The average molecular weight is 196 g/mol. The summed E-state index contributed by atoms with van der Waals surface area (Å²) in [4.78, 5) is 0. The van der Waals surface area contributed by atoms with Gasteiger partial charge in [-0.25, -0.2) is 4.39 Å². The monoisotopic (exact) mass is 196 g/mol. The lowest BCUT2D eigenvalue weighted by Crippen LogP contribution is -2.09. The summed E-state index contributed by atoms with van der Waals surface area (Å²) in [6.07, 6.45) is 0.760. The molecule has 2 nitrogen and oxygen atoms in total. The zero-order valence-electron chi connectivity index (χ0n) is 7.78. The number of aliphatic hydroxyl groups excluding tert-OH is 1. The Morgan fingerprint density at radius 2 is 2.07 bits per heavy atom. The van der Waals surface area contributed by atoms with E-state index in [1.165, 1.54) is 6.07 Å². The van der Waals surface area contributed by atoms with Gasteiger partial charge in [0.1, 0.15) is 5.82 Å². The van der Waals surface area contributed by atoms with Gasteiger partial charge in [-0.15, -0.1) is 0 Å². The Morgan fingerprint density at radius 3 is 2.57 bits per heavy atom. The summed E-state index contributed by atoms with van der Waals surface area (Å²) in [6.45, 7) is 0. The van der Waals surface area contributed by atoms with Gasteiger partial charge in [0.2, 0.25) is 0 Å². The Labute approximate surface area is 82.0 Å². The molecule has 1 fully saturated rings. The summed E-state index contributed by atoms with van der Waals surface area (Å²) in [5.41, 5.74) is 1.39. The lowest BCUT2D eigenvalue weighted by Gasteiger charge is -2.06. The summed E-state index contributed by atoms with van der Waals surface area (Å²) in [5, 5.41) is 17.4. The SMILES string of the molecule is OC(O)Cc1ccc(C2CC2)cc1F. The summed E-state index contributed by atoms with van der Waals surface area (Å²) in [6, 6.07) is 5.02. The highest BCUT2D eigenvalue weighted by Gasteiger charge is 2.24. The molecule has 2 rings (SSSR count). The maximum Gasteiger partial charge on any atom is 0.155 e. The van der Waals surface area contributed by atoms with E-state index in [1.807, 2.05) is 6.07 Å². The second-order valence-corrected chi connectivity index (χ2v) is 3.81. The molecule has 0 aliphatic heterocycles. The third-order valence-corrected chi connectivity index (χ3v) is 2.53. The van der Waals surface area contributed by atoms with Crippen molar-refractivity contribution in [2.24, 2.45) is 0 Å². The molecule has 1 aromatic rings. The van der Waals surface area contributed by atoms with Crippen LogP contribution in [0.25, 0.3) is 0 Å². The number of hydrogen-bond donors (Lipinski definition) is 2. The molecule has 0 radical (unpaired) electrons. The molecule has 2 N–H and O–H groups in total. The summed E-state index contributed by atoms with van der Waals surface area (Å²) in [5.74, 6) is 0.195. The number of halogens is 1. The molecule has 1 saturated carbocycles. The molecule has 0 spiro atoms. The zero-order valence-corrected chi connectivity index (χ0v) is 7.78. The molecule has 0 bridgehead atoms. The van der Waals surface area contributed by atoms with E-state index in [2.05, 4.69) is 0 Å². The van der Waals surface area contributed by atoms with E-state index >= 15 is 0 Å². The average Bonchev–Trinajstić information content (AvgIpc) is 2.90. The Balaban J connectivity index is 2.17. The standard InChI is InChI=1S/C11H13FO2/c12-10-5-8(7-1-2-7)3-4-9(10)6-11(13)14/h3-5,7,11,13-14H,1-2,6H2. The summed E-state index contributed by atoms with van der Waals surface area (Å²) in [7, 11) is 0. The van der Waals surface area contributed by atoms with E-state index in [-0.39, 0.29) is 12.2 Å². The van der Waals surface area contributed by atoms with Crippen LogP contribution >= 0.6 is 0 Å². The van der Waals surface area contributed by atoms with Crippen LogP contribution in [-0.4, -0.2) is 16.5 Å². The van der Waals surface area contributed by atoms with Crippen molar-refractivity contribution in [2.45, 2.75) is 31.5 Å². The highest BCUT2D eigenvalue weighted by molar-refractivity contribution is 5.29. The van der Waals surface area contributed by atoms with Crippen molar-refractivity contribution in [1.29, 1.82) is 0 Å². The molecule has 1 aromatic carbocycles. The smallest absolute Gasteiger partial charge is 0.155 e. The molecule has 76 valence electrons. The molecular weight excluding hydrogens is 183 g/mol. The van der Waals surface area contributed by atoms with Crippen molar-refractivity contribution in [3.63, 3.8) is 0 Å². The normalized spacial score (nSPS) is 16.3. The lowest BCUT2D eigenvalue weighted by atomic mass is 10.1. The Kier molecular flexibility index (Phi) is 2.52. The fourth-order valence-corrected chi connectivity index (χ4v) is 1.60. The van der Waals surface area contributed by atoms with Crippen LogP contribution in [0.4, 0.5) is 4.39 Å². The lowest BCUT2D eigenvalue weighted by molar-refractivity contribution is -0.0386. The van der Waals surface area contributed by atoms with Crippen molar-refractivity contribution < 1.29 is 14.6 Å². The third-order valence-electron chi connectivity index (χ3n) is 2.53. The molecule has 1 aliphatic carbocycles. The predicted octanol–water partition coefficient (Wildman–Crippen LogP) is 1.56. The fourth-order valence-electron chi connectivity index (χ4n) is 1.60. The van der Waals surface area contributed by atoms with Crippen LogP contribution < -0.4 is 0 Å². The number of aliphatic hydroxyl groups is 2. The molecular formula is C11H13FO2. The maximum absolute atomic E-state index is 13.4.